The maximum Gasteiger partial charge on any atom is 0.158 e. The van der Waals surface area contributed by atoms with Crippen LogP contribution in [0.2, 0.25) is 0 Å². The second-order valence-corrected chi connectivity index (χ2v) is 6.39. The fourth-order valence-corrected chi connectivity index (χ4v) is 2.72. The van der Waals surface area contributed by atoms with E-state index in [4.69, 9.17) is 0 Å². The second kappa shape index (κ2) is 6.83. The van der Waals surface area contributed by atoms with Crippen LogP contribution >= 0.6 is 0 Å². The van der Waals surface area contributed by atoms with E-state index in [9.17, 15) is 0 Å². The standard InChI is InChI=1S/C10H12N2.C9H11N3/c1-8(2)10-9-4-3-6-12(9)7-5-11-10;1-7(2)8-9-11-4-6-12(9)5-3-10-8/h3-8H,1-2H3;3-7H,1-2H3. The average Bonchev–Trinajstić information content (AvgIpc) is 3.23. The van der Waals surface area contributed by atoms with Crippen LogP contribution in [0, 0.1) is 0 Å². The van der Waals surface area contributed by atoms with E-state index in [1.165, 1.54) is 11.2 Å². The summed E-state index contributed by atoms with van der Waals surface area (Å²) in [4.78, 5) is 12.9. The smallest absolute Gasteiger partial charge is 0.158 e. The molecular weight excluding hydrogens is 298 g/mol. The molecule has 0 amide bonds. The summed E-state index contributed by atoms with van der Waals surface area (Å²) in [6.45, 7) is 8.57. The van der Waals surface area contributed by atoms with Crippen molar-refractivity contribution in [2.24, 2.45) is 0 Å². The lowest BCUT2D eigenvalue weighted by atomic mass is 10.1. The maximum absolute atomic E-state index is 4.36. The zero-order chi connectivity index (χ0) is 17.1. The van der Waals surface area contributed by atoms with Gasteiger partial charge in [-0.25, -0.2) is 4.98 Å². The van der Waals surface area contributed by atoms with Crippen molar-refractivity contribution in [2.45, 2.75) is 39.5 Å². The highest BCUT2D eigenvalue weighted by Gasteiger charge is 2.06. The van der Waals surface area contributed by atoms with Crippen LogP contribution in [-0.2, 0) is 0 Å². The van der Waals surface area contributed by atoms with E-state index < -0.39 is 0 Å². The number of hydrogen-bond acceptors (Lipinski definition) is 3. The van der Waals surface area contributed by atoms with Gasteiger partial charge in [0.1, 0.15) is 0 Å². The number of rotatable bonds is 2. The van der Waals surface area contributed by atoms with Crippen molar-refractivity contribution in [3.05, 3.63) is 66.9 Å². The molecule has 0 aliphatic carbocycles. The van der Waals surface area contributed by atoms with Crippen molar-refractivity contribution in [3.8, 4) is 0 Å². The molecule has 5 nitrogen and oxygen atoms in total. The Hall–Kier alpha value is -2.69. The first-order valence-corrected chi connectivity index (χ1v) is 8.27. The van der Waals surface area contributed by atoms with Crippen molar-refractivity contribution in [1.82, 2.24) is 23.8 Å². The summed E-state index contributed by atoms with van der Waals surface area (Å²) in [6, 6.07) is 4.14. The van der Waals surface area contributed by atoms with Crippen LogP contribution in [0.15, 0.2) is 55.5 Å². The molecular formula is C19H23N5. The molecule has 124 valence electrons. The molecule has 0 bridgehead atoms. The molecule has 0 aliphatic heterocycles. The monoisotopic (exact) mass is 321 g/mol. The molecule has 0 N–H and O–H groups in total. The molecule has 0 fully saturated rings. The molecule has 0 aliphatic rings. The van der Waals surface area contributed by atoms with Gasteiger partial charge in [0.2, 0.25) is 0 Å². The Kier molecular flexibility index (Phi) is 4.60. The molecule has 0 saturated heterocycles. The first-order valence-electron chi connectivity index (χ1n) is 8.27. The normalized spacial score (nSPS) is 11.2. The highest BCUT2D eigenvalue weighted by Crippen LogP contribution is 2.17. The second-order valence-electron chi connectivity index (χ2n) is 6.39. The predicted octanol–water partition coefficient (Wildman–Crippen LogP) is 4.31. The van der Waals surface area contributed by atoms with E-state index in [1.54, 1.807) is 6.20 Å². The summed E-state index contributed by atoms with van der Waals surface area (Å²) >= 11 is 0. The third kappa shape index (κ3) is 3.15. The van der Waals surface area contributed by atoms with E-state index in [0.29, 0.717) is 11.8 Å². The number of fused-ring (bicyclic) bond motifs is 2. The lowest BCUT2D eigenvalue weighted by Gasteiger charge is -2.05. The van der Waals surface area contributed by atoms with Crippen molar-refractivity contribution in [1.29, 1.82) is 0 Å². The molecule has 4 heterocycles. The molecule has 4 rings (SSSR count). The summed E-state index contributed by atoms with van der Waals surface area (Å²) in [5.41, 5.74) is 4.41. The van der Waals surface area contributed by atoms with E-state index in [0.717, 1.165) is 11.3 Å². The average molecular weight is 321 g/mol. The molecule has 24 heavy (non-hydrogen) atoms. The van der Waals surface area contributed by atoms with Crippen molar-refractivity contribution in [3.63, 3.8) is 0 Å². The lowest BCUT2D eigenvalue weighted by molar-refractivity contribution is 0.817. The zero-order valence-electron chi connectivity index (χ0n) is 14.6. The van der Waals surface area contributed by atoms with E-state index in [-0.39, 0.29) is 0 Å². The first-order chi connectivity index (χ1) is 11.6. The molecule has 0 atom stereocenters. The van der Waals surface area contributed by atoms with Gasteiger partial charge in [0.15, 0.2) is 5.65 Å². The fourth-order valence-electron chi connectivity index (χ4n) is 2.72. The minimum Gasteiger partial charge on any atom is -0.321 e. The van der Waals surface area contributed by atoms with Gasteiger partial charge in [-0.2, -0.15) is 0 Å². The summed E-state index contributed by atoms with van der Waals surface area (Å²) in [6.07, 6.45) is 13.3. The van der Waals surface area contributed by atoms with Crippen LogP contribution in [0.25, 0.3) is 11.2 Å². The topological polar surface area (TPSA) is 47.5 Å². The van der Waals surface area contributed by atoms with E-state index in [1.807, 2.05) is 47.6 Å². The lowest BCUT2D eigenvalue weighted by Crippen LogP contribution is -1.97. The van der Waals surface area contributed by atoms with Gasteiger partial charge in [-0.1, -0.05) is 27.7 Å². The predicted molar refractivity (Wildman–Crippen MR) is 96.4 cm³/mol. The van der Waals surface area contributed by atoms with Crippen LogP contribution < -0.4 is 0 Å². The molecule has 4 aromatic heterocycles. The summed E-state index contributed by atoms with van der Waals surface area (Å²) in [7, 11) is 0. The molecule has 5 heteroatoms. The molecule has 0 saturated carbocycles. The Morgan fingerprint density at radius 2 is 1.29 bits per heavy atom. The number of aromatic nitrogens is 5. The van der Waals surface area contributed by atoms with Gasteiger partial charge in [-0.15, -0.1) is 0 Å². The summed E-state index contributed by atoms with van der Waals surface area (Å²) in [5, 5.41) is 0. The van der Waals surface area contributed by atoms with Crippen LogP contribution in [0.3, 0.4) is 0 Å². The molecule has 4 aromatic rings. The Morgan fingerprint density at radius 1 is 0.708 bits per heavy atom. The van der Waals surface area contributed by atoms with Crippen molar-refractivity contribution < 1.29 is 0 Å². The van der Waals surface area contributed by atoms with Crippen LogP contribution in [-0.4, -0.2) is 23.8 Å². The van der Waals surface area contributed by atoms with Crippen molar-refractivity contribution in [2.75, 3.05) is 0 Å². The first kappa shape index (κ1) is 16.2. The molecule has 0 unspecified atom stereocenters. The van der Waals surface area contributed by atoms with E-state index in [2.05, 4.69) is 53.1 Å². The zero-order valence-corrected chi connectivity index (χ0v) is 14.6. The summed E-state index contributed by atoms with van der Waals surface area (Å²) in [5.74, 6) is 0.916. The third-order valence-corrected chi connectivity index (χ3v) is 3.91. The van der Waals surface area contributed by atoms with Gasteiger partial charge in [-0.3, -0.25) is 9.97 Å². The fraction of sp³-hybridized carbons (Fsp3) is 0.316. The minimum atomic E-state index is 0.427. The molecule has 0 spiro atoms. The Labute approximate surface area is 142 Å². The minimum absolute atomic E-state index is 0.427. The maximum atomic E-state index is 4.36. The third-order valence-electron chi connectivity index (χ3n) is 3.91. The number of nitrogens with zero attached hydrogens (tertiary/aromatic N) is 5. The SMILES string of the molecule is CC(C)c1nccn2cccc12.CC(C)c1nccn2ccnc12. The Morgan fingerprint density at radius 3 is 1.96 bits per heavy atom. The van der Waals surface area contributed by atoms with Gasteiger partial charge in [0.05, 0.1) is 16.9 Å². The van der Waals surface area contributed by atoms with Gasteiger partial charge < -0.3 is 8.80 Å². The van der Waals surface area contributed by atoms with Crippen LogP contribution in [0.1, 0.15) is 50.9 Å². The van der Waals surface area contributed by atoms with Gasteiger partial charge in [0, 0.05) is 43.4 Å². The van der Waals surface area contributed by atoms with Crippen molar-refractivity contribution >= 4 is 11.2 Å². The Bertz CT molecular complexity index is 855. The number of hydrogen-bond donors (Lipinski definition) is 0. The Balaban J connectivity index is 0.000000141. The van der Waals surface area contributed by atoms with Gasteiger partial charge in [-0.05, 0) is 24.0 Å². The number of imidazole rings is 1. The van der Waals surface area contributed by atoms with Gasteiger partial charge in [0.25, 0.3) is 0 Å². The highest BCUT2D eigenvalue weighted by molar-refractivity contribution is 5.53. The molecule has 0 aromatic carbocycles. The highest BCUT2D eigenvalue weighted by atomic mass is 15.0. The summed E-state index contributed by atoms with van der Waals surface area (Å²) < 4.78 is 4.09. The van der Waals surface area contributed by atoms with Gasteiger partial charge >= 0.3 is 0 Å². The van der Waals surface area contributed by atoms with E-state index >= 15 is 0 Å². The quantitative estimate of drug-likeness (QED) is 0.553. The van der Waals surface area contributed by atoms with Crippen LogP contribution in [0.5, 0.6) is 0 Å². The van der Waals surface area contributed by atoms with Crippen LogP contribution in [0.4, 0.5) is 0 Å². The molecule has 0 radical (unpaired) electrons. The largest absolute Gasteiger partial charge is 0.321 e.